The number of ether oxygens (including phenoxy) is 1. The van der Waals surface area contributed by atoms with Crippen molar-refractivity contribution in [3.05, 3.63) is 54.2 Å². The largest absolute Gasteiger partial charge is 0.375 e. The highest BCUT2D eigenvalue weighted by atomic mass is 16.5. The van der Waals surface area contributed by atoms with Gasteiger partial charge in [0.25, 0.3) is 5.91 Å². The van der Waals surface area contributed by atoms with E-state index in [9.17, 15) is 4.79 Å². The maximum atomic E-state index is 13.0. The highest BCUT2D eigenvalue weighted by Crippen LogP contribution is 2.28. The van der Waals surface area contributed by atoms with Crippen molar-refractivity contribution in [2.24, 2.45) is 0 Å². The lowest BCUT2D eigenvalue weighted by Crippen LogP contribution is -2.44. The minimum atomic E-state index is -0.0549. The second kappa shape index (κ2) is 6.45. The molecule has 0 aliphatic carbocycles. The lowest BCUT2D eigenvalue weighted by molar-refractivity contribution is -0.0408. The minimum Gasteiger partial charge on any atom is -0.375 e. The van der Waals surface area contributed by atoms with E-state index in [0.717, 1.165) is 34.5 Å². The van der Waals surface area contributed by atoms with E-state index in [-0.39, 0.29) is 24.2 Å². The lowest BCUT2D eigenvalue weighted by atomic mass is 9.97. The number of nitrogens with zero attached hydrogens (tertiary/aromatic N) is 1. The van der Waals surface area contributed by atoms with Crippen molar-refractivity contribution in [1.82, 2.24) is 10.3 Å². The monoisotopic (exact) mass is 334 g/mol. The number of aromatic nitrogens is 1. The number of hydrogen-bond donors (Lipinski definition) is 1. The smallest absolute Gasteiger partial charge is 0.253 e. The molecule has 1 aromatic heterocycles. The van der Waals surface area contributed by atoms with Gasteiger partial charge in [-0.15, -0.1) is 0 Å². The Morgan fingerprint density at radius 2 is 1.80 bits per heavy atom. The highest BCUT2D eigenvalue weighted by molar-refractivity contribution is 6.15. The lowest BCUT2D eigenvalue weighted by Gasteiger charge is -2.32. The summed E-state index contributed by atoms with van der Waals surface area (Å²) < 4.78 is 5.77. The van der Waals surface area contributed by atoms with E-state index in [0.29, 0.717) is 5.56 Å². The Kier molecular flexibility index (Phi) is 4.14. The summed E-state index contributed by atoms with van der Waals surface area (Å²) in [5.74, 6) is -0.0549. The third-order valence-electron chi connectivity index (χ3n) is 4.89. The van der Waals surface area contributed by atoms with Crippen LogP contribution in [0, 0.1) is 0 Å². The average Bonchev–Trinajstić information content (AvgIpc) is 2.60. The van der Waals surface area contributed by atoms with E-state index in [1.807, 2.05) is 36.4 Å². The van der Waals surface area contributed by atoms with Crippen molar-refractivity contribution in [2.45, 2.75) is 44.9 Å². The number of pyridine rings is 1. The summed E-state index contributed by atoms with van der Waals surface area (Å²) in [4.78, 5) is 17.5. The zero-order valence-electron chi connectivity index (χ0n) is 14.5. The van der Waals surface area contributed by atoms with Gasteiger partial charge in [0, 0.05) is 17.6 Å². The molecule has 1 fully saturated rings. The van der Waals surface area contributed by atoms with Crippen LogP contribution in [-0.2, 0) is 4.74 Å². The molecular formula is C21H22N2O2. The Balaban J connectivity index is 1.73. The third-order valence-corrected chi connectivity index (χ3v) is 4.89. The van der Waals surface area contributed by atoms with Gasteiger partial charge in [-0.2, -0.15) is 0 Å². The van der Waals surface area contributed by atoms with Gasteiger partial charge in [0.15, 0.2) is 0 Å². The summed E-state index contributed by atoms with van der Waals surface area (Å²) >= 11 is 0. The molecule has 2 aromatic carbocycles. The average molecular weight is 334 g/mol. The van der Waals surface area contributed by atoms with Gasteiger partial charge in [-0.3, -0.25) is 9.78 Å². The van der Waals surface area contributed by atoms with Gasteiger partial charge in [0.2, 0.25) is 0 Å². The van der Waals surface area contributed by atoms with Crippen LogP contribution in [0.1, 0.15) is 37.0 Å². The molecule has 1 aliphatic heterocycles. The van der Waals surface area contributed by atoms with E-state index < -0.39 is 0 Å². The standard InChI is InChI=1S/C21H22N2O2/c1-13-10-16(11-14(2)25-13)23-21(24)19-12-15-6-3-4-7-17(15)18-8-5-9-22-20(18)19/h3-9,12-14,16H,10-11H2,1-2H3,(H,23,24)/t13-,14+,16?. The fourth-order valence-electron chi connectivity index (χ4n) is 3.89. The first-order chi connectivity index (χ1) is 12.1. The normalized spacial score (nSPS) is 23.7. The molecular weight excluding hydrogens is 312 g/mol. The molecule has 0 spiro atoms. The molecule has 1 unspecified atom stereocenters. The summed E-state index contributed by atoms with van der Waals surface area (Å²) in [6.07, 6.45) is 3.76. The van der Waals surface area contributed by atoms with Crippen molar-refractivity contribution < 1.29 is 9.53 Å². The van der Waals surface area contributed by atoms with Gasteiger partial charge >= 0.3 is 0 Å². The summed E-state index contributed by atoms with van der Waals surface area (Å²) in [6.45, 7) is 4.11. The topological polar surface area (TPSA) is 51.2 Å². The number of carbonyl (C=O) groups excluding carboxylic acids is 1. The number of hydrogen-bond acceptors (Lipinski definition) is 3. The first-order valence-electron chi connectivity index (χ1n) is 8.84. The van der Waals surface area contributed by atoms with Crippen LogP contribution in [0.15, 0.2) is 48.7 Å². The van der Waals surface area contributed by atoms with Crippen LogP contribution in [0.3, 0.4) is 0 Å². The fourth-order valence-corrected chi connectivity index (χ4v) is 3.89. The Bertz CT molecular complexity index is 927. The first-order valence-corrected chi connectivity index (χ1v) is 8.84. The van der Waals surface area contributed by atoms with Crippen LogP contribution in [0.4, 0.5) is 0 Å². The number of carbonyl (C=O) groups is 1. The zero-order chi connectivity index (χ0) is 17.4. The van der Waals surface area contributed by atoms with Crippen LogP contribution in [0.2, 0.25) is 0 Å². The molecule has 4 nitrogen and oxygen atoms in total. The summed E-state index contributed by atoms with van der Waals surface area (Å²) in [6, 6.07) is 14.1. The maximum absolute atomic E-state index is 13.0. The Hall–Kier alpha value is -2.46. The SMILES string of the molecule is C[C@@H]1CC(NC(=O)c2cc3ccccc3c3cccnc23)C[C@H](C)O1. The molecule has 128 valence electrons. The zero-order valence-corrected chi connectivity index (χ0v) is 14.5. The van der Waals surface area contributed by atoms with E-state index in [4.69, 9.17) is 4.74 Å². The Morgan fingerprint density at radius 1 is 1.08 bits per heavy atom. The van der Waals surface area contributed by atoms with E-state index >= 15 is 0 Å². The predicted molar refractivity (Wildman–Crippen MR) is 99.7 cm³/mol. The minimum absolute atomic E-state index is 0.0549. The first kappa shape index (κ1) is 16.0. The molecule has 1 aliphatic rings. The van der Waals surface area contributed by atoms with Crippen molar-refractivity contribution >= 4 is 27.6 Å². The number of nitrogens with one attached hydrogen (secondary N) is 1. The summed E-state index contributed by atoms with van der Waals surface area (Å²) in [5.41, 5.74) is 1.40. The molecule has 1 saturated heterocycles. The van der Waals surface area contributed by atoms with Crippen molar-refractivity contribution in [2.75, 3.05) is 0 Å². The van der Waals surface area contributed by atoms with Gasteiger partial charge in [-0.05, 0) is 49.6 Å². The second-order valence-corrected chi connectivity index (χ2v) is 6.94. The molecule has 1 N–H and O–H groups in total. The molecule has 1 amide bonds. The number of rotatable bonds is 2. The Labute approximate surface area is 147 Å². The van der Waals surface area contributed by atoms with Crippen molar-refractivity contribution in [3.63, 3.8) is 0 Å². The molecule has 3 atom stereocenters. The summed E-state index contributed by atoms with van der Waals surface area (Å²) in [5, 5.41) is 6.39. The predicted octanol–water partition coefficient (Wildman–Crippen LogP) is 4.07. The van der Waals surface area contributed by atoms with Crippen LogP contribution in [-0.4, -0.2) is 29.1 Å². The van der Waals surface area contributed by atoms with Gasteiger partial charge < -0.3 is 10.1 Å². The highest BCUT2D eigenvalue weighted by Gasteiger charge is 2.26. The van der Waals surface area contributed by atoms with Gasteiger partial charge in [-0.1, -0.05) is 30.3 Å². The van der Waals surface area contributed by atoms with Crippen molar-refractivity contribution in [1.29, 1.82) is 0 Å². The van der Waals surface area contributed by atoms with E-state index in [1.54, 1.807) is 6.20 Å². The summed E-state index contributed by atoms with van der Waals surface area (Å²) in [7, 11) is 0. The quantitative estimate of drug-likeness (QED) is 0.719. The van der Waals surface area contributed by atoms with Crippen LogP contribution < -0.4 is 5.32 Å². The maximum Gasteiger partial charge on any atom is 0.253 e. The molecule has 25 heavy (non-hydrogen) atoms. The van der Waals surface area contributed by atoms with Crippen LogP contribution >= 0.6 is 0 Å². The number of benzene rings is 2. The molecule has 3 aromatic rings. The molecule has 4 heteroatoms. The molecule has 0 saturated carbocycles. The second-order valence-electron chi connectivity index (χ2n) is 6.94. The van der Waals surface area contributed by atoms with Gasteiger partial charge in [0.1, 0.15) is 0 Å². The molecule has 0 bridgehead atoms. The van der Waals surface area contributed by atoms with Gasteiger partial charge in [0.05, 0.1) is 23.3 Å². The third kappa shape index (κ3) is 3.10. The van der Waals surface area contributed by atoms with Gasteiger partial charge in [-0.25, -0.2) is 0 Å². The fraction of sp³-hybridized carbons (Fsp3) is 0.333. The Morgan fingerprint density at radius 3 is 2.60 bits per heavy atom. The molecule has 0 radical (unpaired) electrons. The molecule has 4 rings (SSSR count). The number of fused-ring (bicyclic) bond motifs is 3. The van der Waals surface area contributed by atoms with E-state index in [2.05, 4.69) is 30.2 Å². The van der Waals surface area contributed by atoms with Crippen LogP contribution in [0.5, 0.6) is 0 Å². The molecule has 2 heterocycles. The number of amides is 1. The van der Waals surface area contributed by atoms with Crippen LogP contribution in [0.25, 0.3) is 21.7 Å². The van der Waals surface area contributed by atoms with Crippen molar-refractivity contribution in [3.8, 4) is 0 Å². The van der Waals surface area contributed by atoms with E-state index in [1.165, 1.54) is 0 Å².